The second-order valence-electron chi connectivity index (χ2n) is 2.00. The molecule has 0 bridgehead atoms. The largest absolute Gasteiger partial charge is 0.453 e. The van der Waals surface area contributed by atoms with Gasteiger partial charge in [0, 0.05) is 14.1 Å². The highest BCUT2D eigenvalue weighted by Gasteiger charge is 2.10. The van der Waals surface area contributed by atoms with E-state index in [1.165, 1.54) is 26.1 Å². The van der Waals surface area contributed by atoms with E-state index >= 15 is 0 Å². The van der Waals surface area contributed by atoms with Gasteiger partial charge in [0.15, 0.2) is 0 Å². The van der Waals surface area contributed by atoms with Gasteiger partial charge in [-0.2, -0.15) is 0 Å². The van der Waals surface area contributed by atoms with Crippen molar-refractivity contribution in [3.63, 3.8) is 0 Å². The average molecular weight is 160 g/mol. The lowest BCUT2D eigenvalue weighted by atomic mass is 10.5. The molecule has 0 fully saturated rings. The molecule has 0 unspecified atom stereocenters. The number of nitrogens with one attached hydrogen (secondary N) is 1. The molecule has 5 nitrogen and oxygen atoms in total. The summed E-state index contributed by atoms with van der Waals surface area (Å²) < 4.78 is 4.36. The van der Waals surface area contributed by atoms with Crippen molar-refractivity contribution < 1.29 is 14.3 Å². The SMILES string of the molecule is CNC(=O)CN(C)C(=O)OC. The number of hydrogen-bond donors (Lipinski definition) is 1. The molecule has 5 heteroatoms. The van der Waals surface area contributed by atoms with Gasteiger partial charge in [0.25, 0.3) is 0 Å². The maximum absolute atomic E-state index is 10.7. The molecule has 0 aliphatic carbocycles. The number of hydrogen-bond acceptors (Lipinski definition) is 3. The number of ether oxygens (including phenoxy) is 1. The summed E-state index contributed by atoms with van der Waals surface area (Å²) in [6.07, 6.45) is -0.520. The fourth-order valence-electron chi connectivity index (χ4n) is 0.515. The summed E-state index contributed by atoms with van der Waals surface area (Å²) in [6, 6.07) is 0. The van der Waals surface area contributed by atoms with Gasteiger partial charge >= 0.3 is 6.09 Å². The van der Waals surface area contributed by atoms with E-state index in [1.54, 1.807) is 0 Å². The molecule has 0 saturated carbocycles. The molecule has 0 aromatic rings. The van der Waals surface area contributed by atoms with Gasteiger partial charge in [0.05, 0.1) is 7.11 Å². The lowest BCUT2D eigenvalue weighted by Crippen LogP contribution is -2.36. The van der Waals surface area contributed by atoms with Crippen LogP contribution >= 0.6 is 0 Å². The van der Waals surface area contributed by atoms with Crippen molar-refractivity contribution in [1.82, 2.24) is 10.2 Å². The molecule has 64 valence electrons. The molecular weight excluding hydrogens is 148 g/mol. The predicted octanol–water partition coefficient (Wildman–Crippen LogP) is -0.569. The molecule has 0 aliphatic heterocycles. The molecule has 0 aromatic heterocycles. The quantitative estimate of drug-likeness (QED) is 0.588. The number of likely N-dealkylation sites (N-methyl/N-ethyl adjacent to an activating group) is 2. The molecular formula is C6H12N2O3. The van der Waals surface area contributed by atoms with Crippen molar-refractivity contribution in [2.75, 3.05) is 27.7 Å². The summed E-state index contributed by atoms with van der Waals surface area (Å²) >= 11 is 0. The van der Waals surface area contributed by atoms with Crippen molar-refractivity contribution in [2.45, 2.75) is 0 Å². The summed E-state index contributed by atoms with van der Waals surface area (Å²) in [4.78, 5) is 22.5. The zero-order chi connectivity index (χ0) is 8.85. The Balaban J connectivity index is 3.77. The first-order valence-electron chi connectivity index (χ1n) is 3.11. The van der Waals surface area contributed by atoms with Crippen molar-refractivity contribution in [3.8, 4) is 0 Å². The number of carbonyl (C=O) groups is 2. The van der Waals surface area contributed by atoms with Crippen LogP contribution in [0, 0.1) is 0 Å². The molecule has 0 saturated heterocycles. The monoisotopic (exact) mass is 160 g/mol. The van der Waals surface area contributed by atoms with E-state index in [4.69, 9.17) is 0 Å². The molecule has 2 amide bonds. The van der Waals surface area contributed by atoms with E-state index in [-0.39, 0.29) is 12.5 Å². The predicted molar refractivity (Wildman–Crippen MR) is 39.1 cm³/mol. The fourth-order valence-corrected chi connectivity index (χ4v) is 0.515. The minimum absolute atomic E-state index is 0.0170. The molecule has 0 aliphatic rings. The highest BCUT2D eigenvalue weighted by Crippen LogP contribution is 1.86. The number of nitrogens with zero attached hydrogens (tertiary/aromatic N) is 1. The van der Waals surface area contributed by atoms with Gasteiger partial charge in [0.1, 0.15) is 6.54 Å². The lowest BCUT2D eigenvalue weighted by Gasteiger charge is -2.13. The van der Waals surface area contributed by atoms with Gasteiger partial charge in [-0.15, -0.1) is 0 Å². The van der Waals surface area contributed by atoms with Crippen LogP contribution in [0.3, 0.4) is 0 Å². The second kappa shape index (κ2) is 4.54. The third-order valence-electron chi connectivity index (χ3n) is 1.15. The van der Waals surface area contributed by atoms with Crippen molar-refractivity contribution in [3.05, 3.63) is 0 Å². The van der Waals surface area contributed by atoms with Gasteiger partial charge < -0.3 is 15.0 Å². The first-order chi connectivity index (χ1) is 5.11. The minimum Gasteiger partial charge on any atom is -0.453 e. The van der Waals surface area contributed by atoms with E-state index in [2.05, 4.69) is 10.1 Å². The second-order valence-corrected chi connectivity index (χ2v) is 2.00. The van der Waals surface area contributed by atoms with Gasteiger partial charge in [-0.1, -0.05) is 0 Å². The first kappa shape index (κ1) is 9.74. The van der Waals surface area contributed by atoms with Crippen molar-refractivity contribution >= 4 is 12.0 Å². The number of rotatable bonds is 2. The Morgan fingerprint density at radius 1 is 1.55 bits per heavy atom. The Labute approximate surface area is 65.3 Å². The molecule has 0 spiro atoms. The molecule has 11 heavy (non-hydrogen) atoms. The van der Waals surface area contributed by atoms with Gasteiger partial charge in [-0.05, 0) is 0 Å². The van der Waals surface area contributed by atoms with Crippen LogP contribution in [0.4, 0.5) is 4.79 Å². The summed E-state index contributed by atoms with van der Waals surface area (Å²) in [6.45, 7) is 0.0170. The first-order valence-corrected chi connectivity index (χ1v) is 3.11. The molecule has 0 radical (unpaired) electrons. The van der Waals surface area contributed by atoms with E-state index in [9.17, 15) is 9.59 Å². The van der Waals surface area contributed by atoms with Crippen LogP contribution in [0.15, 0.2) is 0 Å². The summed E-state index contributed by atoms with van der Waals surface area (Å²) in [5.74, 6) is -0.224. The zero-order valence-electron chi connectivity index (χ0n) is 6.88. The zero-order valence-corrected chi connectivity index (χ0v) is 6.88. The minimum atomic E-state index is -0.520. The Morgan fingerprint density at radius 2 is 2.09 bits per heavy atom. The Hall–Kier alpha value is -1.26. The van der Waals surface area contributed by atoms with Crippen LogP contribution < -0.4 is 5.32 Å². The van der Waals surface area contributed by atoms with Gasteiger partial charge in [-0.25, -0.2) is 4.79 Å². The highest BCUT2D eigenvalue weighted by atomic mass is 16.5. The van der Waals surface area contributed by atoms with Crippen LogP contribution in [0.25, 0.3) is 0 Å². The number of carbonyl (C=O) groups excluding carboxylic acids is 2. The van der Waals surface area contributed by atoms with Crippen LogP contribution in [-0.2, 0) is 9.53 Å². The summed E-state index contributed by atoms with van der Waals surface area (Å²) in [5.41, 5.74) is 0. The van der Waals surface area contributed by atoms with Gasteiger partial charge in [0.2, 0.25) is 5.91 Å². The van der Waals surface area contributed by atoms with Crippen molar-refractivity contribution in [1.29, 1.82) is 0 Å². The third-order valence-corrected chi connectivity index (χ3v) is 1.15. The Kier molecular flexibility index (Phi) is 4.02. The summed E-state index contributed by atoms with van der Waals surface area (Å²) in [5, 5.41) is 2.39. The molecule has 0 aromatic carbocycles. The standard InChI is InChI=1S/C6H12N2O3/c1-7-5(9)4-8(2)6(10)11-3/h4H2,1-3H3,(H,7,9). The fraction of sp³-hybridized carbons (Fsp3) is 0.667. The molecule has 0 heterocycles. The lowest BCUT2D eigenvalue weighted by molar-refractivity contribution is -0.121. The van der Waals surface area contributed by atoms with Gasteiger partial charge in [-0.3, -0.25) is 4.79 Å². The van der Waals surface area contributed by atoms with E-state index in [0.717, 1.165) is 0 Å². The molecule has 0 rings (SSSR count). The number of amides is 2. The van der Waals surface area contributed by atoms with Crippen LogP contribution in [-0.4, -0.2) is 44.7 Å². The maximum atomic E-state index is 10.7. The maximum Gasteiger partial charge on any atom is 0.409 e. The number of methoxy groups -OCH3 is 1. The summed E-state index contributed by atoms with van der Waals surface area (Å²) in [7, 11) is 4.26. The van der Waals surface area contributed by atoms with E-state index < -0.39 is 6.09 Å². The molecule has 0 atom stereocenters. The third kappa shape index (κ3) is 3.44. The topological polar surface area (TPSA) is 58.6 Å². The Bertz CT molecular complexity index is 158. The average Bonchev–Trinajstić information content (AvgIpc) is 2.02. The molecule has 1 N–H and O–H groups in total. The van der Waals surface area contributed by atoms with Crippen LogP contribution in [0.2, 0.25) is 0 Å². The van der Waals surface area contributed by atoms with Crippen LogP contribution in [0.1, 0.15) is 0 Å². The highest BCUT2D eigenvalue weighted by molar-refractivity contribution is 5.81. The smallest absolute Gasteiger partial charge is 0.409 e. The normalized spacial score (nSPS) is 8.64. The van der Waals surface area contributed by atoms with E-state index in [0.29, 0.717) is 0 Å². The van der Waals surface area contributed by atoms with Crippen molar-refractivity contribution in [2.24, 2.45) is 0 Å². The van der Waals surface area contributed by atoms with Crippen LogP contribution in [0.5, 0.6) is 0 Å². The Morgan fingerprint density at radius 3 is 2.45 bits per heavy atom. The van der Waals surface area contributed by atoms with E-state index in [1.807, 2.05) is 0 Å².